The predicted molar refractivity (Wildman–Crippen MR) is 119 cm³/mol. The molecule has 166 valence electrons. The summed E-state index contributed by atoms with van der Waals surface area (Å²) in [4.78, 5) is 16.7. The SMILES string of the molecule is [O-][S+](Nc1ncnc(OCCOc2ncc(Br)cn2)c1-c1ccc2c(c1)OCO2)C1CC1. The number of hydrogen-bond acceptors (Lipinski definition) is 10. The molecule has 0 radical (unpaired) electrons. The molecule has 1 saturated carbocycles. The van der Waals surface area contributed by atoms with Gasteiger partial charge in [-0.25, -0.2) is 19.9 Å². The summed E-state index contributed by atoms with van der Waals surface area (Å²) in [5.74, 6) is 2.03. The number of nitrogens with zero attached hydrogens (tertiary/aromatic N) is 4. The van der Waals surface area contributed by atoms with Gasteiger partial charge in [-0.2, -0.15) is 4.72 Å². The van der Waals surface area contributed by atoms with Crippen molar-refractivity contribution in [3.05, 3.63) is 41.4 Å². The molecule has 1 atom stereocenters. The molecule has 5 rings (SSSR count). The van der Waals surface area contributed by atoms with Crippen LogP contribution in [0.25, 0.3) is 11.1 Å². The Morgan fingerprint density at radius 1 is 1.06 bits per heavy atom. The van der Waals surface area contributed by atoms with Gasteiger partial charge in [-0.15, -0.1) is 0 Å². The van der Waals surface area contributed by atoms with Crippen LogP contribution in [-0.2, 0) is 11.4 Å². The maximum atomic E-state index is 12.5. The van der Waals surface area contributed by atoms with Crippen molar-refractivity contribution in [1.82, 2.24) is 19.9 Å². The molecule has 1 unspecified atom stereocenters. The molecule has 1 N–H and O–H groups in total. The average molecular weight is 520 g/mol. The first-order valence-corrected chi connectivity index (χ1v) is 11.8. The molecule has 0 spiro atoms. The van der Waals surface area contributed by atoms with E-state index in [4.69, 9.17) is 18.9 Å². The van der Waals surface area contributed by atoms with E-state index >= 15 is 0 Å². The van der Waals surface area contributed by atoms with Crippen LogP contribution in [0.1, 0.15) is 12.8 Å². The molecule has 1 aromatic carbocycles. The fourth-order valence-electron chi connectivity index (χ4n) is 2.98. The van der Waals surface area contributed by atoms with Gasteiger partial charge in [0.05, 0.1) is 21.4 Å². The van der Waals surface area contributed by atoms with E-state index in [1.54, 1.807) is 12.4 Å². The number of anilines is 1. The van der Waals surface area contributed by atoms with Gasteiger partial charge in [-0.3, -0.25) is 0 Å². The zero-order valence-corrected chi connectivity index (χ0v) is 19.1. The van der Waals surface area contributed by atoms with Crippen molar-refractivity contribution in [2.75, 3.05) is 24.7 Å². The molecule has 0 bridgehead atoms. The Bertz CT molecular complexity index is 1100. The second-order valence-electron chi connectivity index (χ2n) is 6.95. The minimum absolute atomic E-state index is 0.137. The van der Waals surface area contributed by atoms with Crippen molar-refractivity contribution in [1.29, 1.82) is 0 Å². The van der Waals surface area contributed by atoms with Gasteiger partial charge in [-0.1, -0.05) is 6.07 Å². The molecule has 0 amide bonds. The second-order valence-corrected chi connectivity index (χ2v) is 9.33. The maximum absolute atomic E-state index is 12.5. The van der Waals surface area contributed by atoms with Crippen molar-refractivity contribution in [2.45, 2.75) is 18.1 Å². The monoisotopic (exact) mass is 519 g/mol. The minimum Gasteiger partial charge on any atom is -0.593 e. The summed E-state index contributed by atoms with van der Waals surface area (Å²) < 4.78 is 38.6. The fraction of sp³-hybridized carbons (Fsp3) is 0.300. The Morgan fingerprint density at radius 3 is 2.66 bits per heavy atom. The van der Waals surface area contributed by atoms with Crippen LogP contribution in [0.4, 0.5) is 5.82 Å². The lowest BCUT2D eigenvalue weighted by Gasteiger charge is -2.16. The van der Waals surface area contributed by atoms with E-state index in [0.717, 1.165) is 22.9 Å². The highest BCUT2D eigenvalue weighted by Gasteiger charge is 2.36. The third-order valence-electron chi connectivity index (χ3n) is 4.65. The van der Waals surface area contributed by atoms with Crippen LogP contribution in [-0.4, -0.2) is 49.7 Å². The largest absolute Gasteiger partial charge is 0.593 e. The van der Waals surface area contributed by atoms with Gasteiger partial charge < -0.3 is 23.5 Å². The molecule has 0 saturated heterocycles. The molecule has 1 fully saturated rings. The Balaban J connectivity index is 1.36. The highest BCUT2D eigenvalue weighted by atomic mass is 79.9. The smallest absolute Gasteiger partial charge is 0.316 e. The number of rotatable bonds is 9. The molecule has 3 aromatic rings. The minimum atomic E-state index is -1.23. The fourth-order valence-corrected chi connectivity index (χ4v) is 4.26. The molecule has 2 aromatic heterocycles. The average Bonchev–Trinajstić information content (AvgIpc) is 3.55. The van der Waals surface area contributed by atoms with Gasteiger partial charge >= 0.3 is 6.01 Å². The summed E-state index contributed by atoms with van der Waals surface area (Å²) in [7, 11) is 0. The van der Waals surface area contributed by atoms with Gasteiger partial charge in [-0.05, 0) is 33.6 Å². The number of fused-ring (bicyclic) bond motifs is 1. The van der Waals surface area contributed by atoms with Crippen molar-refractivity contribution in [2.24, 2.45) is 0 Å². The Labute approximate surface area is 195 Å². The summed E-state index contributed by atoms with van der Waals surface area (Å²) in [6.45, 7) is 0.571. The van der Waals surface area contributed by atoms with Crippen LogP contribution < -0.4 is 23.7 Å². The van der Waals surface area contributed by atoms with Crippen LogP contribution in [0.5, 0.6) is 23.4 Å². The van der Waals surface area contributed by atoms with Crippen LogP contribution in [0.3, 0.4) is 0 Å². The van der Waals surface area contributed by atoms with Crippen molar-refractivity contribution < 1.29 is 23.5 Å². The van der Waals surface area contributed by atoms with E-state index in [1.165, 1.54) is 6.33 Å². The molecule has 32 heavy (non-hydrogen) atoms. The van der Waals surface area contributed by atoms with Gasteiger partial charge in [0.1, 0.15) is 24.8 Å². The summed E-state index contributed by atoms with van der Waals surface area (Å²) in [6.07, 6.45) is 6.44. The van der Waals surface area contributed by atoms with Crippen molar-refractivity contribution in [3.63, 3.8) is 0 Å². The predicted octanol–water partition coefficient (Wildman–Crippen LogP) is 3.12. The normalized spacial score (nSPS) is 15.3. The van der Waals surface area contributed by atoms with Gasteiger partial charge in [0.25, 0.3) is 0 Å². The highest BCUT2D eigenvalue weighted by molar-refractivity contribution is 9.10. The van der Waals surface area contributed by atoms with Gasteiger partial charge in [0.2, 0.25) is 12.7 Å². The lowest BCUT2D eigenvalue weighted by Crippen LogP contribution is -2.19. The number of halogens is 1. The van der Waals surface area contributed by atoms with Crippen LogP contribution in [0.2, 0.25) is 0 Å². The zero-order valence-electron chi connectivity index (χ0n) is 16.7. The molecule has 3 heterocycles. The van der Waals surface area contributed by atoms with E-state index in [0.29, 0.717) is 28.8 Å². The highest BCUT2D eigenvalue weighted by Crippen LogP contribution is 2.41. The number of ether oxygens (including phenoxy) is 4. The summed E-state index contributed by atoms with van der Waals surface area (Å²) >= 11 is 2.04. The summed E-state index contributed by atoms with van der Waals surface area (Å²) in [6, 6.07) is 5.74. The van der Waals surface area contributed by atoms with E-state index < -0.39 is 11.4 Å². The first kappa shape index (κ1) is 21.0. The van der Waals surface area contributed by atoms with Crippen LogP contribution in [0.15, 0.2) is 41.4 Å². The van der Waals surface area contributed by atoms with Crippen LogP contribution in [0, 0.1) is 0 Å². The molecule has 10 nitrogen and oxygen atoms in total. The van der Waals surface area contributed by atoms with Crippen molar-refractivity contribution in [3.8, 4) is 34.5 Å². The molecule has 12 heteroatoms. The molecule has 1 aliphatic carbocycles. The first-order valence-electron chi connectivity index (χ1n) is 9.83. The molecular weight excluding hydrogens is 502 g/mol. The number of benzene rings is 1. The maximum Gasteiger partial charge on any atom is 0.316 e. The second kappa shape index (κ2) is 9.35. The Morgan fingerprint density at radius 2 is 1.84 bits per heavy atom. The van der Waals surface area contributed by atoms with E-state index in [2.05, 4.69) is 40.6 Å². The third kappa shape index (κ3) is 4.81. The van der Waals surface area contributed by atoms with E-state index in [1.807, 2.05) is 18.2 Å². The topological polar surface area (TPSA) is 124 Å². The van der Waals surface area contributed by atoms with Gasteiger partial charge in [0, 0.05) is 25.2 Å². The van der Waals surface area contributed by atoms with E-state index in [9.17, 15) is 4.55 Å². The molecule has 1 aliphatic heterocycles. The summed E-state index contributed by atoms with van der Waals surface area (Å²) in [5, 5.41) is 0.137. The Hall–Kier alpha value is -2.83. The lowest BCUT2D eigenvalue weighted by molar-refractivity contribution is 0.174. The number of hydrogen-bond donors (Lipinski definition) is 1. The number of aromatic nitrogens is 4. The van der Waals surface area contributed by atoms with Crippen LogP contribution >= 0.6 is 15.9 Å². The van der Waals surface area contributed by atoms with E-state index in [-0.39, 0.29) is 31.3 Å². The quantitative estimate of drug-likeness (QED) is 0.333. The Kier molecular flexibility index (Phi) is 6.14. The zero-order chi connectivity index (χ0) is 21.9. The first-order chi connectivity index (χ1) is 15.7. The van der Waals surface area contributed by atoms with Gasteiger partial charge in [0.15, 0.2) is 17.3 Å². The molecular formula is C20H18BrN5O5S. The standard InChI is InChI=1S/C20H18BrN5O5S/c21-13-8-22-20(23-9-13)29-6-5-28-19-17(12-1-4-15-16(7-12)31-11-30-15)18(24-10-25-19)26-32(27)14-2-3-14/h1,4,7-10,14H,2-3,5-6,11H2,(H,24,25,26). The number of nitrogens with one attached hydrogen (secondary N) is 1. The van der Waals surface area contributed by atoms with Crippen molar-refractivity contribution >= 4 is 33.1 Å². The third-order valence-corrected chi connectivity index (χ3v) is 6.53. The lowest BCUT2D eigenvalue weighted by atomic mass is 10.1. The summed E-state index contributed by atoms with van der Waals surface area (Å²) in [5.41, 5.74) is 1.33. The molecule has 2 aliphatic rings.